The molecule has 0 fully saturated rings. The standard InChI is InChI=1S/C20H31O10PS/c1-15-8-10-16(11-9-15)32(24,25)30-14-31(23,28-12-26-17(21)19(2,3)4)29-13-27-18(22)20(5,6)7/h8-11H,12-14H2,1-7H3. The Morgan fingerprint density at radius 1 is 0.844 bits per heavy atom. The Hall–Kier alpha value is -1.78. The number of esters is 2. The predicted molar refractivity (Wildman–Crippen MR) is 115 cm³/mol. The molecular formula is C20H31O10PS. The molecule has 182 valence electrons. The molecule has 0 heterocycles. The second-order valence-electron chi connectivity index (χ2n) is 8.98. The highest BCUT2D eigenvalue weighted by molar-refractivity contribution is 7.87. The lowest BCUT2D eigenvalue weighted by molar-refractivity contribution is -0.162. The van der Waals surface area contributed by atoms with Gasteiger partial charge in [-0.2, -0.15) is 8.42 Å². The Balaban J connectivity index is 2.87. The molecule has 0 aliphatic heterocycles. The quantitative estimate of drug-likeness (QED) is 0.204. The van der Waals surface area contributed by atoms with Crippen molar-refractivity contribution in [1.82, 2.24) is 0 Å². The summed E-state index contributed by atoms with van der Waals surface area (Å²) in [6, 6.07) is 5.79. The van der Waals surface area contributed by atoms with Crippen molar-refractivity contribution in [2.75, 3.05) is 19.9 Å². The van der Waals surface area contributed by atoms with E-state index in [1.54, 1.807) is 60.6 Å². The molecule has 1 rings (SSSR count). The highest BCUT2D eigenvalue weighted by Crippen LogP contribution is 2.49. The minimum absolute atomic E-state index is 0.159. The number of hydrogen-bond donors (Lipinski definition) is 0. The fraction of sp³-hybridized carbons (Fsp3) is 0.600. The average molecular weight is 494 g/mol. The summed E-state index contributed by atoms with van der Waals surface area (Å²) in [4.78, 5) is 23.6. The Bertz CT molecular complexity index is 904. The first-order valence-corrected chi connectivity index (χ1v) is 12.8. The third kappa shape index (κ3) is 9.38. The number of rotatable bonds is 10. The molecule has 0 spiro atoms. The molecule has 0 unspecified atom stereocenters. The van der Waals surface area contributed by atoms with Crippen LogP contribution in [-0.2, 0) is 47.0 Å². The first kappa shape index (κ1) is 28.3. The van der Waals surface area contributed by atoms with Gasteiger partial charge in [-0.1, -0.05) is 17.7 Å². The molecule has 0 atom stereocenters. The smallest absolute Gasteiger partial charge is 0.363 e. The van der Waals surface area contributed by atoms with Gasteiger partial charge in [0.15, 0.2) is 6.35 Å². The monoisotopic (exact) mass is 494 g/mol. The molecule has 1 aromatic rings. The summed E-state index contributed by atoms with van der Waals surface area (Å²) < 4.78 is 62.4. The zero-order valence-corrected chi connectivity index (χ0v) is 21.1. The van der Waals surface area contributed by atoms with Crippen LogP contribution in [0.1, 0.15) is 47.1 Å². The van der Waals surface area contributed by atoms with Crippen molar-refractivity contribution in [2.24, 2.45) is 10.8 Å². The number of carbonyl (C=O) groups excluding carboxylic acids is 2. The third-order valence-corrected chi connectivity index (χ3v) is 6.67. The van der Waals surface area contributed by atoms with Gasteiger partial charge in [-0.3, -0.25) is 27.4 Å². The lowest BCUT2D eigenvalue weighted by Gasteiger charge is -2.21. The number of carbonyl (C=O) groups is 2. The van der Waals surface area contributed by atoms with Gasteiger partial charge in [-0.25, -0.2) is 0 Å². The highest BCUT2D eigenvalue weighted by Gasteiger charge is 2.32. The van der Waals surface area contributed by atoms with Crippen molar-refractivity contribution in [3.8, 4) is 0 Å². The average Bonchev–Trinajstić information content (AvgIpc) is 2.65. The molecule has 0 aliphatic carbocycles. The topological polar surface area (TPSA) is 132 Å². The van der Waals surface area contributed by atoms with Crippen LogP contribution < -0.4 is 0 Å². The van der Waals surface area contributed by atoms with Gasteiger partial charge in [-0.15, -0.1) is 0 Å². The second-order valence-corrected chi connectivity index (χ2v) is 12.6. The van der Waals surface area contributed by atoms with Gasteiger partial charge in [0.05, 0.1) is 15.7 Å². The van der Waals surface area contributed by atoms with Crippen LogP contribution in [0.5, 0.6) is 0 Å². The van der Waals surface area contributed by atoms with E-state index in [1.807, 2.05) is 0 Å². The minimum atomic E-state index is -4.32. The minimum Gasteiger partial charge on any atom is -0.438 e. The summed E-state index contributed by atoms with van der Waals surface area (Å²) >= 11 is 0. The number of ether oxygens (including phenoxy) is 2. The molecule has 0 radical (unpaired) electrons. The van der Waals surface area contributed by atoms with Crippen LogP contribution in [0.2, 0.25) is 0 Å². The van der Waals surface area contributed by atoms with Gasteiger partial charge in [0, 0.05) is 0 Å². The normalized spacial score (nSPS) is 13.0. The van der Waals surface area contributed by atoms with E-state index < -0.39 is 60.4 Å². The molecule has 0 bridgehead atoms. The summed E-state index contributed by atoms with van der Waals surface area (Å²) in [7, 11) is -8.61. The predicted octanol–water partition coefficient (Wildman–Crippen LogP) is 3.98. The van der Waals surface area contributed by atoms with Gasteiger partial charge in [0.25, 0.3) is 10.1 Å². The zero-order valence-electron chi connectivity index (χ0n) is 19.4. The van der Waals surface area contributed by atoms with Crippen molar-refractivity contribution < 1.29 is 45.3 Å². The summed E-state index contributed by atoms with van der Waals surface area (Å²) in [5.41, 5.74) is -0.855. The Labute approximate surface area is 189 Å². The first-order chi connectivity index (χ1) is 14.5. The summed E-state index contributed by atoms with van der Waals surface area (Å²) in [6.45, 7) is 9.85. The fourth-order valence-electron chi connectivity index (χ4n) is 1.77. The van der Waals surface area contributed by atoms with Gasteiger partial charge >= 0.3 is 19.5 Å². The van der Waals surface area contributed by atoms with Gasteiger partial charge < -0.3 is 9.47 Å². The molecule has 0 amide bonds. The van der Waals surface area contributed by atoms with Crippen molar-refractivity contribution in [2.45, 2.75) is 53.4 Å². The lowest BCUT2D eigenvalue weighted by atomic mass is 9.98. The van der Waals surface area contributed by atoms with Crippen LogP contribution in [0.4, 0.5) is 0 Å². The van der Waals surface area contributed by atoms with E-state index in [1.165, 1.54) is 12.1 Å². The van der Waals surface area contributed by atoms with Crippen LogP contribution in [0, 0.1) is 17.8 Å². The molecule has 0 saturated carbocycles. The maximum Gasteiger partial charge on any atom is 0.363 e. The van der Waals surface area contributed by atoms with Crippen molar-refractivity contribution in [1.29, 1.82) is 0 Å². The van der Waals surface area contributed by atoms with Gasteiger partial charge in [0.1, 0.15) is 0 Å². The van der Waals surface area contributed by atoms with E-state index in [-0.39, 0.29) is 4.90 Å². The molecule has 0 aliphatic rings. The Kier molecular flexibility index (Phi) is 9.62. The zero-order chi connectivity index (χ0) is 24.8. The molecule has 1 aromatic carbocycles. The van der Waals surface area contributed by atoms with E-state index in [4.69, 9.17) is 22.7 Å². The molecular weight excluding hydrogens is 463 g/mol. The van der Waals surface area contributed by atoms with Crippen LogP contribution in [0.25, 0.3) is 0 Å². The molecule has 12 heteroatoms. The van der Waals surface area contributed by atoms with Crippen molar-refractivity contribution >= 4 is 29.7 Å². The lowest BCUT2D eigenvalue weighted by Crippen LogP contribution is -2.25. The number of hydrogen-bond acceptors (Lipinski definition) is 10. The van der Waals surface area contributed by atoms with Crippen molar-refractivity contribution in [3.05, 3.63) is 29.8 Å². The van der Waals surface area contributed by atoms with E-state index >= 15 is 0 Å². The molecule has 0 saturated heterocycles. The molecule has 0 N–H and O–H groups in total. The van der Waals surface area contributed by atoms with E-state index in [2.05, 4.69) is 0 Å². The number of benzene rings is 1. The first-order valence-electron chi connectivity index (χ1n) is 9.65. The second kappa shape index (κ2) is 10.9. The molecule has 32 heavy (non-hydrogen) atoms. The fourth-order valence-corrected chi connectivity index (χ4v) is 4.10. The van der Waals surface area contributed by atoms with E-state index in [0.29, 0.717) is 0 Å². The van der Waals surface area contributed by atoms with Crippen LogP contribution in [0.15, 0.2) is 29.2 Å². The summed E-state index contributed by atoms with van der Waals surface area (Å²) in [6.07, 6.45) is -1.02. The van der Waals surface area contributed by atoms with Crippen LogP contribution in [0.3, 0.4) is 0 Å². The largest absolute Gasteiger partial charge is 0.438 e. The van der Waals surface area contributed by atoms with E-state index in [0.717, 1.165) is 5.56 Å². The number of aryl methyl sites for hydroxylation is 1. The van der Waals surface area contributed by atoms with Crippen LogP contribution in [-0.4, -0.2) is 40.3 Å². The SMILES string of the molecule is Cc1ccc(S(=O)(=O)OCP(=O)(OCOC(=O)C(C)(C)C)OCOC(=O)C(C)(C)C)cc1. The molecule has 10 nitrogen and oxygen atoms in total. The van der Waals surface area contributed by atoms with Gasteiger partial charge in [0.2, 0.25) is 13.6 Å². The molecule has 0 aromatic heterocycles. The third-order valence-electron chi connectivity index (χ3n) is 3.78. The maximum atomic E-state index is 13.0. The van der Waals surface area contributed by atoms with Crippen molar-refractivity contribution in [3.63, 3.8) is 0 Å². The summed E-state index contributed by atoms with van der Waals surface area (Å²) in [5.74, 6) is -1.28. The Morgan fingerprint density at radius 3 is 1.62 bits per heavy atom. The van der Waals surface area contributed by atoms with Crippen LogP contribution >= 0.6 is 7.60 Å². The van der Waals surface area contributed by atoms with E-state index in [9.17, 15) is 22.6 Å². The van der Waals surface area contributed by atoms with Gasteiger partial charge in [-0.05, 0) is 60.6 Å². The highest BCUT2D eigenvalue weighted by atomic mass is 32.2. The maximum absolute atomic E-state index is 13.0. The summed E-state index contributed by atoms with van der Waals surface area (Å²) in [5, 5.41) is 0. The Morgan fingerprint density at radius 2 is 1.25 bits per heavy atom.